The molecule has 3 atom stereocenters. The first-order chi connectivity index (χ1) is 7.90. The van der Waals surface area contributed by atoms with E-state index in [0.717, 1.165) is 19.3 Å². The average molecular weight is 232 g/mol. The first-order valence-electron chi connectivity index (χ1n) is 6.69. The minimum atomic E-state index is -0.462. The van der Waals surface area contributed by atoms with Crippen LogP contribution in [0.5, 0.6) is 0 Å². The molecule has 0 aliphatic heterocycles. The van der Waals surface area contributed by atoms with E-state index in [1.54, 1.807) is 0 Å². The second-order valence-corrected chi connectivity index (χ2v) is 6.07. The normalized spacial score (nSPS) is 33.7. The highest BCUT2D eigenvalue weighted by Crippen LogP contribution is 2.41. The minimum Gasteiger partial charge on any atom is -0.390 e. The number of hydrogen-bond acceptors (Lipinski definition) is 1. The summed E-state index contributed by atoms with van der Waals surface area (Å²) >= 11 is 0. The van der Waals surface area contributed by atoms with Crippen molar-refractivity contribution in [2.45, 2.75) is 58.5 Å². The van der Waals surface area contributed by atoms with Crippen molar-refractivity contribution in [3.05, 3.63) is 34.9 Å². The predicted molar refractivity (Wildman–Crippen MR) is 72.3 cm³/mol. The first kappa shape index (κ1) is 12.6. The fourth-order valence-electron chi connectivity index (χ4n) is 2.83. The van der Waals surface area contributed by atoms with Crippen molar-refractivity contribution in [3.8, 4) is 0 Å². The highest BCUT2D eigenvalue weighted by Gasteiger charge is 2.35. The third-order valence-electron chi connectivity index (χ3n) is 4.70. The highest BCUT2D eigenvalue weighted by molar-refractivity contribution is 5.32. The van der Waals surface area contributed by atoms with Crippen LogP contribution < -0.4 is 0 Å². The number of aryl methyl sites for hydroxylation is 2. The van der Waals surface area contributed by atoms with E-state index in [1.807, 2.05) is 6.92 Å². The summed E-state index contributed by atoms with van der Waals surface area (Å²) in [5.41, 5.74) is 3.74. The highest BCUT2D eigenvalue weighted by atomic mass is 16.3. The number of aliphatic hydroxyl groups is 1. The maximum Gasteiger partial charge on any atom is 0.0645 e. The van der Waals surface area contributed by atoms with Gasteiger partial charge < -0.3 is 5.11 Å². The van der Waals surface area contributed by atoms with Gasteiger partial charge in [-0.3, -0.25) is 0 Å². The van der Waals surface area contributed by atoms with Gasteiger partial charge in [0.2, 0.25) is 0 Å². The third kappa shape index (κ3) is 2.55. The van der Waals surface area contributed by atoms with Gasteiger partial charge in [-0.25, -0.2) is 0 Å². The standard InChI is InChI=1S/C16H24O/c1-11-5-6-14(9-12(11)2)15-7-8-16(4,17)13(3)10-15/h5-6,9,13,15,17H,7-8,10H2,1-4H3. The largest absolute Gasteiger partial charge is 0.390 e. The maximum atomic E-state index is 10.2. The van der Waals surface area contributed by atoms with Gasteiger partial charge in [0.1, 0.15) is 0 Å². The van der Waals surface area contributed by atoms with Gasteiger partial charge in [-0.2, -0.15) is 0 Å². The molecule has 94 valence electrons. The van der Waals surface area contributed by atoms with E-state index in [9.17, 15) is 5.11 Å². The molecule has 2 rings (SSSR count). The van der Waals surface area contributed by atoms with Gasteiger partial charge in [0.25, 0.3) is 0 Å². The molecule has 0 saturated heterocycles. The summed E-state index contributed by atoms with van der Waals surface area (Å²) < 4.78 is 0. The lowest BCUT2D eigenvalue weighted by atomic mass is 9.70. The van der Waals surface area contributed by atoms with Crippen molar-refractivity contribution in [2.75, 3.05) is 0 Å². The lowest BCUT2D eigenvalue weighted by Crippen LogP contribution is -2.37. The van der Waals surface area contributed by atoms with Crippen molar-refractivity contribution >= 4 is 0 Å². The van der Waals surface area contributed by atoms with E-state index in [-0.39, 0.29) is 0 Å². The van der Waals surface area contributed by atoms with E-state index in [4.69, 9.17) is 0 Å². The van der Waals surface area contributed by atoms with Gasteiger partial charge >= 0.3 is 0 Å². The molecule has 1 aromatic rings. The zero-order valence-corrected chi connectivity index (χ0v) is 11.5. The molecule has 1 N–H and O–H groups in total. The lowest BCUT2D eigenvalue weighted by Gasteiger charge is -2.39. The Balaban J connectivity index is 2.17. The predicted octanol–water partition coefficient (Wildman–Crippen LogP) is 3.96. The summed E-state index contributed by atoms with van der Waals surface area (Å²) in [6.07, 6.45) is 3.14. The molecule has 1 saturated carbocycles. The Morgan fingerprint density at radius 2 is 1.94 bits per heavy atom. The summed E-state index contributed by atoms with van der Waals surface area (Å²) in [4.78, 5) is 0. The zero-order chi connectivity index (χ0) is 12.6. The van der Waals surface area contributed by atoms with Crippen LogP contribution in [0, 0.1) is 19.8 Å². The van der Waals surface area contributed by atoms with Gasteiger partial charge in [-0.15, -0.1) is 0 Å². The molecular weight excluding hydrogens is 208 g/mol. The van der Waals surface area contributed by atoms with Crippen LogP contribution in [0.25, 0.3) is 0 Å². The first-order valence-corrected chi connectivity index (χ1v) is 6.69. The van der Waals surface area contributed by atoms with Crippen molar-refractivity contribution in [2.24, 2.45) is 5.92 Å². The van der Waals surface area contributed by atoms with Crippen LogP contribution >= 0.6 is 0 Å². The second-order valence-electron chi connectivity index (χ2n) is 6.07. The Morgan fingerprint density at radius 3 is 2.53 bits per heavy atom. The molecule has 1 aromatic carbocycles. The second kappa shape index (κ2) is 4.45. The summed E-state index contributed by atoms with van der Waals surface area (Å²) in [7, 11) is 0. The lowest BCUT2D eigenvalue weighted by molar-refractivity contribution is -0.0295. The average Bonchev–Trinajstić information content (AvgIpc) is 2.26. The maximum absolute atomic E-state index is 10.2. The van der Waals surface area contributed by atoms with Crippen LogP contribution in [0.1, 0.15) is 55.7 Å². The Labute approximate surface area is 105 Å². The molecule has 1 fully saturated rings. The summed E-state index contributed by atoms with van der Waals surface area (Å²) in [6.45, 7) is 8.50. The van der Waals surface area contributed by atoms with Crippen LogP contribution in [-0.4, -0.2) is 10.7 Å². The van der Waals surface area contributed by atoms with Crippen molar-refractivity contribution in [1.29, 1.82) is 0 Å². The van der Waals surface area contributed by atoms with Crippen LogP contribution in [0.3, 0.4) is 0 Å². The van der Waals surface area contributed by atoms with Crippen LogP contribution in [0.15, 0.2) is 18.2 Å². The molecule has 1 aliphatic carbocycles. The minimum absolute atomic E-state index is 0.392. The smallest absolute Gasteiger partial charge is 0.0645 e. The molecule has 0 aromatic heterocycles. The van der Waals surface area contributed by atoms with Gasteiger partial charge in [0.15, 0.2) is 0 Å². The van der Waals surface area contributed by atoms with E-state index in [0.29, 0.717) is 11.8 Å². The Morgan fingerprint density at radius 1 is 1.24 bits per heavy atom. The van der Waals surface area contributed by atoms with E-state index >= 15 is 0 Å². The number of rotatable bonds is 1. The Hall–Kier alpha value is -0.820. The summed E-state index contributed by atoms with van der Waals surface area (Å²) in [5.74, 6) is 1.02. The molecular formula is C16H24O. The number of benzene rings is 1. The van der Waals surface area contributed by atoms with E-state index in [1.165, 1.54) is 16.7 Å². The van der Waals surface area contributed by atoms with Crippen molar-refractivity contribution in [3.63, 3.8) is 0 Å². The summed E-state index contributed by atoms with van der Waals surface area (Å²) in [6, 6.07) is 6.81. The van der Waals surface area contributed by atoms with Gasteiger partial charge in [-0.05, 0) is 68.6 Å². The van der Waals surface area contributed by atoms with Crippen molar-refractivity contribution in [1.82, 2.24) is 0 Å². The molecule has 1 aliphatic rings. The summed E-state index contributed by atoms with van der Waals surface area (Å²) in [5, 5.41) is 10.2. The van der Waals surface area contributed by atoms with Crippen LogP contribution in [-0.2, 0) is 0 Å². The zero-order valence-electron chi connectivity index (χ0n) is 11.5. The van der Waals surface area contributed by atoms with E-state index < -0.39 is 5.60 Å². The molecule has 0 heterocycles. The SMILES string of the molecule is Cc1ccc(C2CCC(C)(O)C(C)C2)cc1C. The van der Waals surface area contributed by atoms with Gasteiger partial charge in [0, 0.05) is 0 Å². The fraction of sp³-hybridized carbons (Fsp3) is 0.625. The molecule has 0 bridgehead atoms. The van der Waals surface area contributed by atoms with Gasteiger partial charge in [-0.1, -0.05) is 25.1 Å². The molecule has 0 spiro atoms. The fourth-order valence-corrected chi connectivity index (χ4v) is 2.83. The molecule has 0 amide bonds. The molecule has 3 unspecified atom stereocenters. The topological polar surface area (TPSA) is 20.2 Å². The number of hydrogen-bond donors (Lipinski definition) is 1. The molecule has 1 heteroatoms. The molecule has 0 radical (unpaired) electrons. The molecule has 17 heavy (non-hydrogen) atoms. The van der Waals surface area contributed by atoms with Crippen LogP contribution in [0.2, 0.25) is 0 Å². The van der Waals surface area contributed by atoms with Crippen LogP contribution in [0.4, 0.5) is 0 Å². The molecule has 1 nitrogen and oxygen atoms in total. The van der Waals surface area contributed by atoms with E-state index in [2.05, 4.69) is 39.0 Å². The quantitative estimate of drug-likeness (QED) is 0.777. The van der Waals surface area contributed by atoms with Gasteiger partial charge in [0.05, 0.1) is 5.60 Å². The Bertz CT molecular complexity index is 406. The van der Waals surface area contributed by atoms with Crippen molar-refractivity contribution < 1.29 is 5.11 Å². The Kier molecular flexibility index (Phi) is 3.31. The monoisotopic (exact) mass is 232 g/mol. The third-order valence-corrected chi connectivity index (χ3v) is 4.70.